The van der Waals surface area contributed by atoms with Crippen LogP contribution >= 0.6 is 0 Å². The molecule has 0 aromatic heterocycles. The molecule has 2 aromatic rings. The van der Waals surface area contributed by atoms with Crippen LogP contribution in [0.25, 0.3) is 0 Å². The van der Waals surface area contributed by atoms with Crippen LogP contribution in [0.2, 0.25) is 0 Å². The maximum absolute atomic E-state index is 10.5. The van der Waals surface area contributed by atoms with Crippen molar-refractivity contribution in [3.05, 3.63) is 71.8 Å². The van der Waals surface area contributed by atoms with Crippen LogP contribution in [0.4, 0.5) is 0 Å². The lowest BCUT2D eigenvalue weighted by Crippen LogP contribution is -2.90. The van der Waals surface area contributed by atoms with E-state index >= 15 is 0 Å². The van der Waals surface area contributed by atoms with Crippen LogP contribution in [-0.4, -0.2) is 25.0 Å². The lowest BCUT2D eigenvalue weighted by Gasteiger charge is -2.29. The highest BCUT2D eigenvalue weighted by Gasteiger charge is 3.03. The number of benzene rings is 2. The van der Waals surface area contributed by atoms with Gasteiger partial charge in [-0.05, 0) is 24.0 Å². The van der Waals surface area contributed by atoms with Gasteiger partial charge in [0.1, 0.15) is 0 Å². The zero-order chi connectivity index (χ0) is 20.2. The summed E-state index contributed by atoms with van der Waals surface area (Å²) < 4.78 is 11.9. The number of hydrogen-bond donors (Lipinski definition) is 2. The van der Waals surface area contributed by atoms with Gasteiger partial charge in [0.15, 0.2) is 10.8 Å². The Labute approximate surface area is 169 Å². The third kappa shape index (κ3) is 1.88. The number of rotatable bonds is 4. The number of nitrogens with two attached hydrogens (primary N) is 1. The van der Waals surface area contributed by atoms with Gasteiger partial charge in [0.2, 0.25) is 0 Å². The van der Waals surface area contributed by atoms with Crippen molar-refractivity contribution in [3.8, 4) is 12.1 Å². The summed E-state index contributed by atoms with van der Waals surface area (Å²) in [6, 6.07) is 24.7. The summed E-state index contributed by atoms with van der Waals surface area (Å²) in [5.41, 5.74) is 5.27. The molecule has 6 heteroatoms. The normalized spacial score (nSPS) is 30.2. The first-order valence-electron chi connectivity index (χ1n) is 9.71. The Bertz CT molecular complexity index is 1020. The van der Waals surface area contributed by atoms with Gasteiger partial charge in [0.05, 0.1) is 25.4 Å². The second-order valence-corrected chi connectivity index (χ2v) is 7.98. The molecule has 6 nitrogen and oxygen atoms in total. The Hall–Kier alpha value is -3.19. The number of nitrogens with zero attached hydrogens (tertiary/aromatic N) is 2. The molecule has 0 unspecified atom stereocenters. The lowest BCUT2D eigenvalue weighted by atomic mass is 9.79. The Balaban J connectivity index is 1.73. The lowest BCUT2D eigenvalue weighted by molar-refractivity contribution is -0.678. The third-order valence-corrected chi connectivity index (χ3v) is 6.86. The van der Waals surface area contributed by atoms with Gasteiger partial charge >= 0.3 is 5.91 Å². The molecule has 2 fully saturated rings. The van der Waals surface area contributed by atoms with Crippen LogP contribution in [0.1, 0.15) is 11.1 Å². The summed E-state index contributed by atoms with van der Waals surface area (Å²) in [7, 11) is 0. The summed E-state index contributed by atoms with van der Waals surface area (Å²) >= 11 is 0. The molecule has 1 aliphatic carbocycles. The van der Waals surface area contributed by atoms with Gasteiger partial charge in [-0.1, -0.05) is 60.7 Å². The van der Waals surface area contributed by atoms with Gasteiger partial charge in [-0.2, -0.15) is 10.5 Å². The summed E-state index contributed by atoms with van der Waals surface area (Å²) in [5.74, 6) is -1.14. The number of amidine groups is 1. The van der Waals surface area contributed by atoms with Crippen LogP contribution in [0.5, 0.6) is 0 Å². The van der Waals surface area contributed by atoms with Gasteiger partial charge < -0.3 is 9.47 Å². The SMILES string of the molecule is N#C[C@]12C3([NH+]=C(N)[C@@]1(C#N)C2(Cc1ccccc1)Cc1ccccc1)OCCO3. The van der Waals surface area contributed by atoms with Crippen LogP contribution < -0.4 is 10.7 Å². The molecule has 2 aromatic carbocycles. The summed E-state index contributed by atoms with van der Waals surface area (Å²) in [4.78, 5) is 3.04. The predicted octanol–water partition coefficient (Wildman–Crippen LogP) is 0.644. The van der Waals surface area contributed by atoms with E-state index in [1.165, 1.54) is 0 Å². The fourth-order valence-corrected chi connectivity index (χ4v) is 5.78. The molecule has 2 heterocycles. The van der Waals surface area contributed by atoms with E-state index < -0.39 is 22.2 Å². The topological polar surface area (TPSA) is 106 Å². The molecule has 0 bridgehead atoms. The van der Waals surface area contributed by atoms with Gasteiger partial charge in [-0.25, -0.2) is 4.99 Å². The molecular weight excluding hydrogens is 364 g/mol. The van der Waals surface area contributed by atoms with Crippen LogP contribution in [-0.2, 0) is 22.3 Å². The van der Waals surface area contributed by atoms with E-state index in [1.54, 1.807) is 0 Å². The highest BCUT2D eigenvalue weighted by molar-refractivity contribution is 5.95. The molecule has 29 heavy (non-hydrogen) atoms. The number of fused-ring (bicyclic) bond motifs is 2. The molecule has 1 saturated heterocycles. The Morgan fingerprint density at radius 3 is 1.83 bits per heavy atom. The molecule has 144 valence electrons. The first-order valence-corrected chi connectivity index (χ1v) is 9.71. The summed E-state index contributed by atoms with van der Waals surface area (Å²) in [6.07, 6.45) is 1.03. The van der Waals surface area contributed by atoms with Crippen molar-refractivity contribution in [2.45, 2.75) is 18.8 Å². The van der Waals surface area contributed by atoms with Crippen molar-refractivity contribution in [2.75, 3.05) is 13.2 Å². The summed E-state index contributed by atoms with van der Waals surface area (Å²) in [6.45, 7) is 0.690. The molecule has 3 aliphatic rings. The van der Waals surface area contributed by atoms with Gasteiger partial charge in [0.25, 0.3) is 5.84 Å². The molecule has 5 rings (SSSR count). The average molecular weight is 385 g/mol. The summed E-state index contributed by atoms with van der Waals surface area (Å²) in [5, 5.41) is 20.9. The quantitative estimate of drug-likeness (QED) is 0.804. The first kappa shape index (κ1) is 17.9. The molecule has 1 spiro atoms. The minimum atomic E-state index is -1.40. The fourth-order valence-electron chi connectivity index (χ4n) is 5.78. The second kappa shape index (κ2) is 5.90. The molecule has 0 radical (unpaired) electrons. The van der Waals surface area contributed by atoms with Crippen molar-refractivity contribution in [2.24, 2.45) is 22.0 Å². The van der Waals surface area contributed by atoms with E-state index in [1.807, 2.05) is 60.7 Å². The van der Waals surface area contributed by atoms with Crippen molar-refractivity contribution in [1.82, 2.24) is 0 Å². The van der Waals surface area contributed by atoms with Crippen LogP contribution in [0.3, 0.4) is 0 Å². The molecule has 2 atom stereocenters. The Morgan fingerprint density at radius 2 is 1.38 bits per heavy atom. The van der Waals surface area contributed by atoms with E-state index in [0.29, 0.717) is 26.1 Å². The molecule has 1 saturated carbocycles. The van der Waals surface area contributed by atoms with Crippen molar-refractivity contribution >= 4 is 5.84 Å². The number of nitrogens with one attached hydrogen (secondary N) is 1. The molecule has 3 N–H and O–H groups in total. The van der Waals surface area contributed by atoms with E-state index in [9.17, 15) is 10.5 Å². The van der Waals surface area contributed by atoms with Crippen LogP contribution in [0, 0.1) is 38.9 Å². The highest BCUT2D eigenvalue weighted by Crippen LogP contribution is 2.84. The Morgan fingerprint density at radius 1 is 0.862 bits per heavy atom. The fraction of sp³-hybridized carbons (Fsp3) is 0.348. The maximum Gasteiger partial charge on any atom is 0.343 e. The van der Waals surface area contributed by atoms with Crippen molar-refractivity contribution in [1.29, 1.82) is 10.5 Å². The number of hydrogen-bond acceptors (Lipinski definition) is 5. The van der Waals surface area contributed by atoms with E-state index in [-0.39, 0.29) is 5.84 Å². The predicted molar refractivity (Wildman–Crippen MR) is 104 cm³/mol. The van der Waals surface area contributed by atoms with Crippen molar-refractivity contribution in [3.63, 3.8) is 0 Å². The average Bonchev–Trinajstić information content (AvgIpc) is 3.01. The molecule has 0 amide bonds. The first-order chi connectivity index (χ1) is 14.1. The Kier molecular flexibility index (Phi) is 3.64. The molecule has 2 aliphatic heterocycles. The van der Waals surface area contributed by atoms with Crippen LogP contribution in [0.15, 0.2) is 60.7 Å². The van der Waals surface area contributed by atoms with Gasteiger partial charge in [-0.3, -0.25) is 5.73 Å². The standard InChI is InChI=1S/C23H20N4O2/c24-15-21-19(26)27-23(28-11-12-29-23)22(21,16-25)20(21,13-17-7-3-1-4-8-17)14-18-9-5-2-6-10-18/h1-10H,11-14H2,(H2,26,27)/p+1/t21-,22+/m0/s1. The third-order valence-electron chi connectivity index (χ3n) is 6.86. The van der Waals surface area contributed by atoms with E-state index in [4.69, 9.17) is 15.2 Å². The maximum atomic E-state index is 10.5. The largest absolute Gasteiger partial charge is 0.343 e. The monoisotopic (exact) mass is 385 g/mol. The van der Waals surface area contributed by atoms with Gasteiger partial charge in [0, 0.05) is 5.41 Å². The van der Waals surface area contributed by atoms with Crippen molar-refractivity contribution < 1.29 is 14.5 Å². The number of nitriles is 2. The minimum absolute atomic E-state index is 0.260. The second-order valence-electron chi connectivity index (χ2n) is 7.98. The van der Waals surface area contributed by atoms with Gasteiger partial charge in [-0.15, -0.1) is 0 Å². The van der Waals surface area contributed by atoms with E-state index in [0.717, 1.165) is 11.1 Å². The highest BCUT2D eigenvalue weighted by atomic mass is 16.8. The minimum Gasteiger partial charge on any atom is -0.311 e. The molecular formula is C23H21N4O2+. The zero-order valence-corrected chi connectivity index (χ0v) is 15.9. The smallest absolute Gasteiger partial charge is 0.311 e. The zero-order valence-electron chi connectivity index (χ0n) is 15.9. The number of ether oxygens (including phenoxy) is 2. The van der Waals surface area contributed by atoms with E-state index in [2.05, 4.69) is 17.1 Å².